The fraction of sp³-hybridized carbons (Fsp3) is 0.273. The Morgan fingerprint density at radius 3 is 2.18 bits per heavy atom. The number of carboxylic acid groups (broad SMARTS) is 1. The Labute approximate surface area is 97.5 Å². The molecule has 17 heavy (non-hydrogen) atoms. The topological polar surface area (TPSA) is 107 Å². The molecule has 0 aliphatic carbocycles. The quantitative estimate of drug-likeness (QED) is 0.546. The first kappa shape index (κ1) is 13.1. The van der Waals surface area contributed by atoms with Gasteiger partial charge in [-0.15, -0.1) is 0 Å². The molecule has 1 aromatic carbocycles. The second-order valence-corrected chi connectivity index (χ2v) is 3.40. The van der Waals surface area contributed by atoms with Crippen LogP contribution in [0.4, 0.5) is 0 Å². The molecule has 0 saturated carbocycles. The second kappa shape index (κ2) is 5.97. The average Bonchev–Trinajstić information content (AvgIpc) is 2.35. The molecule has 0 saturated heterocycles. The normalized spacial score (nSPS) is 11.9. The van der Waals surface area contributed by atoms with Crippen LogP contribution in [0.25, 0.3) is 0 Å². The summed E-state index contributed by atoms with van der Waals surface area (Å²) in [4.78, 5) is 22.2. The van der Waals surface area contributed by atoms with Crippen LogP contribution in [0.5, 0.6) is 0 Å². The molecule has 0 aliphatic heterocycles. The van der Waals surface area contributed by atoms with Crippen molar-refractivity contribution in [2.24, 2.45) is 0 Å². The highest BCUT2D eigenvalue weighted by Gasteiger charge is 2.19. The van der Waals surface area contributed by atoms with E-state index >= 15 is 0 Å². The monoisotopic (exact) mass is 239 g/mol. The number of benzene rings is 1. The lowest BCUT2D eigenvalue weighted by atomic mass is 10.1. The van der Waals surface area contributed by atoms with Gasteiger partial charge in [-0.2, -0.15) is 0 Å². The Morgan fingerprint density at radius 1 is 1.18 bits per heavy atom. The molecule has 0 heterocycles. The third kappa shape index (κ3) is 3.54. The van der Waals surface area contributed by atoms with Crippen LogP contribution in [0.2, 0.25) is 0 Å². The summed E-state index contributed by atoms with van der Waals surface area (Å²) in [7, 11) is 0. The first-order valence-corrected chi connectivity index (χ1v) is 4.92. The van der Waals surface area contributed by atoms with Crippen molar-refractivity contribution in [1.29, 1.82) is 0 Å². The summed E-state index contributed by atoms with van der Waals surface area (Å²) in [6.07, 6.45) is 0. The van der Waals surface area contributed by atoms with Crippen LogP contribution in [0.15, 0.2) is 24.3 Å². The van der Waals surface area contributed by atoms with Crippen molar-refractivity contribution in [2.75, 3.05) is 6.61 Å². The van der Waals surface area contributed by atoms with Crippen molar-refractivity contribution >= 4 is 11.9 Å². The largest absolute Gasteiger partial charge is 0.480 e. The minimum absolute atomic E-state index is 0.129. The molecule has 0 bridgehead atoms. The Balaban J connectivity index is 2.72. The van der Waals surface area contributed by atoms with Gasteiger partial charge in [0.25, 0.3) is 5.91 Å². The Bertz CT molecular complexity index is 401. The van der Waals surface area contributed by atoms with Crippen molar-refractivity contribution in [1.82, 2.24) is 5.32 Å². The summed E-state index contributed by atoms with van der Waals surface area (Å²) in [5, 5.41) is 28.4. The number of hydrogen-bond acceptors (Lipinski definition) is 4. The molecule has 1 amide bonds. The number of hydrogen-bond donors (Lipinski definition) is 4. The minimum atomic E-state index is -1.32. The highest BCUT2D eigenvalue weighted by atomic mass is 16.4. The lowest BCUT2D eigenvalue weighted by molar-refractivity contribution is -0.140. The van der Waals surface area contributed by atoms with Crippen molar-refractivity contribution in [3.8, 4) is 0 Å². The Kier molecular flexibility index (Phi) is 4.62. The summed E-state index contributed by atoms with van der Waals surface area (Å²) < 4.78 is 0. The molecule has 1 rings (SSSR count). The van der Waals surface area contributed by atoms with E-state index in [1.165, 1.54) is 12.1 Å². The van der Waals surface area contributed by atoms with Gasteiger partial charge in [0.1, 0.15) is 0 Å². The van der Waals surface area contributed by atoms with Crippen LogP contribution in [-0.2, 0) is 11.4 Å². The number of aliphatic carboxylic acids is 1. The van der Waals surface area contributed by atoms with E-state index in [-0.39, 0.29) is 12.2 Å². The van der Waals surface area contributed by atoms with Gasteiger partial charge in [0.2, 0.25) is 0 Å². The maximum Gasteiger partial charge on any atom is 0.328 e. The van der Waals surface area contributed by atoms with Crippen LogP contribution in [0, 0.1) is 0 Å². The summed E-state index contributed by atoms with van der Waals surface area (Å²) in [6, 6.07) is 4.74. The number of carboxylic acids is 1. The van der Waals surface area contributed by atoms with Gasteiger partial charge in [-0.1, -0.05) is 12.1 Å². The predicted molar refractivity (Wildman–Crippen MR) is 58.3 cm³/mol. The molecule has 0 fully saturated rings. The van der Waals surface area contributed by atoms with E-state index in [0.717, 1.165) is 0 Å². The third-order valence-corrected chi connectivity index (χ3v) is 2.18. The molecule has 0 aliphatic rings. The lowest BCUT2D eigenvalue weighted by Gasteiger charge is -2.11. The van der Waals surface area contributed by atoms with E-state index in [9.17, 15) is 9.59 Å². The molecule has 6 nitrogen and oxygen atoms in total. The average molecular weight is 239 g/mol. The van der Waals surface area contributed by atoms with Gasteiger partial charge in [-0.05, 0) is 17.7 Å². The second-order valence-electron chi connectivity index (χ2n) is 3.40. The van der Waals surface area contributed by atoms with Gasteiger partial charge in [0.05, 0.1) is 13.2 Å². The molecule has 1 atom stereocenters. The molecule has 4 N–H and O–H groups in total. The van der Waals surface area contributed by atoms with Crippen LogP contribution in [0.1, 0.15) is 15.9 Å². The molecule has 0 radical (unpaired) electrons. The van der Waals surface area contributed by atoms with E-state index in [1.807, 2.05) is 0 Å². The Morgan fingerprint density at radius 2 is 1.76 bits per heavy atom. The van der Waals surface area contributed by atoms with E-state index in [1.54, 1.807) is 12.1 Å². The number of carbonyl (C=O) groups excluding carboxylic acids is 1. The molecular formula is C11H13NO5. The maximum absolute atomic E-state index is 11.6. The third-order valence-electron chi connectivity index (χ3n) is 2.18. The number of aliphatic hydroxyl groups is 2. The van der Waals surface area contributed by atoms with E-state index in [4.69, 9.17) is 15.3 Å². The van der Waals surface area contributed by atoms with E-state index < -0.39 is 24.5 Å². The molecule has 6 heteroatoms. The van der Waals surface area contributed by atoms with Gasteiger partial charge >= 0.3 is 5.97 Å². The van der Waals surface area contributed by atoms with Gasteiger partial charge in [-0.3, -0.25) is 4.79 Å². The zero-order valence-electron chi connectivity index (χ0n) is 8.96. The van der Waals surface area contributed by atoms with Crippen LogP contribution < -0.4 is 5.32 Å². The molecule has 1 aromatic rings. The van der Waals surface area contributed by atoms with Gasteiger partial charge < -0.3 is 20.6 Å². The SMILES string of the molecule is O=C(N[C@H](CO)C(=O)O)c1ccc(CO)cc1. The van der Waals surface area contributed by atoms with Crippen LogP contribution in [0.3, 0.4) is 0 Å². The predicted octanol–water partition coefficient (Wildman–Crippen LogP) is -0.646. The molecule has 92 valence electrons. The smallest absolute Gasteiger partial charge is 0.328 e. The number of nitrogens with one attached hydrogen (secondary N) is 1. The van der Waals surface area contributed by atoms with Gasteiger partial charge in [0.15, 0.2) is 6.04 Å². The number of aliphatic hydroxyl groups excluding tert-OH is 2. The summed E-state index contributed by atoms with van der Waals surface area (Å²) in [5.41, 5.74) is 0.917. The summed E-state index contributed by atoms with van der Waals surface area (Å²) in [6.45, 7) is -0.800. The van der Waals surface area contributed by atoms with Crippen molar-refractivity contribution < 1.29 is 24.9 Å². The number of carbonyl (C=O) groups is 2. The van der Waals surface area contributed by atoms with Gasteiger partial charge in [-0.25, -0.2) is 4.79 Å². The van der Waals surface area contributed by atoms with Crippen molar-refractivity contribution in [3.63, 3.8) is 0 Å². The number of rotatable bonds is 5. The van der Waals surface area contributed by atoms with Crippen molar-refractivity contribution in [2.45, 2.75) is 12.6 Å². The Hall–Kier alpha value is -1.92. The van der Waals surface area contributed by atoms with E-state index in [2.05, 4.69) is 5.32 Å². The first-order chi connectivity index (χ1) is 8.08. The van der Waals surface area contributed by atoms with Crippen LogP contribution >= 0.6 is 0 Å². The molecular weight excluding hydrogens is 226 g/mol. The standard InChI is InChI=1S/C11H13NO5/c13-5-7-1-3-8(4-2-7)10(15)12-9(6-14)11(16)17/h1-4,9,13-14H,5-6H2,(H,12,15)(H,16,17)/t9-/m1/s1. The fourth-order valence-corrected chi connectivity index (χ4v) is 1.19. The van der Waals surface area contributed by atoms with Crippen molar-refractivity contribution in [3.05, 3.63) is 35.4 Å². The summed E-state index contributed by atoms with van der Waals surface area (Å²) >= 11 is 0. The number of amides is 1. The van der Waals surface area contributed by atoms with Crippen LogP contribution in [-0.4, -0.2) is 39.8 Å². The first-order valence-electron chi connectivity index (χ1n) is 4.92. The van der Waals surface area contributed by atoms with E-state index in [0.29, 0.717) is 5.56 Å². The molecule has 0 spiro atoms. The highest BCUT2D eigenvalue weighted by molar-refractivity contribution is 5.96. The molecule has 0 unspecified atom stereocenters. The fourth-order valence-electron chi connectivity index (χ4n) is 1.19. The highest BCUT2D eigenvalue weighted by Crippen LogP contribution is 2.04. The zero-order chi connectivity index (χ0) is 12.8. The zero-order valence-corrected chi connectivity index (χ0v) is 8.96. The lowest BCUT2D eigenvalue weighted by Crippen LogP contribution is -2.43. The maximum atomic E-state index is 11.6. The molecule has 0 aromatic heterocycles. The minimum Gasteiger partial charge on any atom is -0.480 e. The summed E-state index contributed by atoms with van der Waals surface area (Å²) in [5.74, 6) is -1.89. The van der Waals surface area contributed by atoms with Gasteiger partial charge in [0, 0.05) is 5.56 Å².